The molecule has 0 amide bonds. The van der Waals surface area contributed by atoms with E-state index in [-0.39, 0.29) is 0 Å². The molecule has 2 heterocycles. The lowest BCUT2D eigenvalue weighted by Gasteiger charge is -2.14. The van der Waals surface area contributed by atoms with Crippen LogP contribution in [0.4, 0.5) is 11.4 Å². The van der Waals surface area contributed by atoms with Gasteiger partial charge in [0.05, 0.1) is 30.7 Å². The van der Waals surface area contributed by atoms with Gasteiger partial charge < -0.3 is 14.2 Å². The zero-order chi connectivity index (χ0) is 23.2. The van der Waals surface area contributed by atoms with Crippen molar-refractivity contribution in [2.24, 2.45) is 22.0 Å². The fourth-order valence-corrected chi connectivity index (χ4v) is 4.45. The zero-order valence-corrected chi connectivity index (χ0v) is 20.2. The Morgan fingerprint density at radius 3 is 2.30 bits per heavy atom. The van der Waals surface area contributed by atoms with Crippen molar-refractivity contribution in [3.8, 4) is 0 Å². The minimum atomic E-state index is 0.537. The van der Waals surface area contributed by atoms with E-state index in [0.717, 1.165) is 58.0 Å². The number of ether oxygens (including phenoxy) is 1. The minimum Gasteiger partial charge on any atom is -0.478 e. The van der Waals surface area contributed by atoms with Gasteiger partial charge in [0.1, 0.15) is 0 Å². The van der Waals surface area contributed by atoms with Gasteiger partial charge in [-0.05, 0) is 42.8 Å². The van der Waals surface area contributed by atoms with Crippen molar-refractivity contribution in [1.82, 2.24) is 14.5 Å². The van der Waals surface area contributed by atoms with Crippen LogP contribution < -0.4 is 0 Å². The second-order valence-corrected chi connectivity index (χ2v) is 8.77. The van der Waals surface area contributed by atoms with Gasteiger partial charge in [0, 0.05) is 42.8 Å². The van der Waals surface area contributed by atoms with E-state index >= 15 is 0 Å². The van der Waals surface area contributed by atoms with E-state index in [4.69, 9.17) is 14.7 Å². The number of likely N-dealkylation sites (N-methyl/N-ethyl adjacent to an activating group) is 1. The number of benzene rings is 2. The Hall–Kier alpha value is -3.39. The SMILES string of the molecule is CC/C(=N\c1cccc(Sc2cccc(/N=C(\OC)C3=NCCN3C)c2)c1)c1nccn1C. The topological polar surface area (TPSA) is 67.4 Å². The number of hydrogen-bond donors (Lipinski definition) is 0. The predicted octanol–water partition coefficient (Wildman–Crippen LogP) is 5.12. The van der Waals surface area contributed by atoms with Crippen LogP contribution in [-0.4, -0.2) is 59.1 Å². The molecule has 1 aromatic heterocycles. The number of imidazole rings is 1. The van der Waals surface area contributed by atoms with Gasteiger partial charge >= 0.3 is 0 Å². The van der Waals surface area contributed by atoms with Gasteiger partial charge in [-0.2, -0.15) is 0 Å². The Bertz CT molecular complexity index is 1210. The highest BCUT2D eigenvalue weighted by atomic mass is 32.2. The van der Waals surface area contributed by atoms with Crippen molar-refractivity contribution in [2.75, 3.05) is 27.2 Å². The first-order valence-corrected chi connectivity index (χ1v) is 11.7. The lowest BCUT2D eigenvalue weighted by Crippen LogP contribution is -2.30. The van der Waals surface area contributed by atoms with Crippen molar-refractivity contribution < 1.29 is 4.74 Å². The quantitative estimate of drug-likeness (QED) is 0.362. The van der Waals surface area contributed by atoms with Gasteiger partial charge in [0.25, 0.3) is 5.90 Å². The first-order chi connectivity index (χ1) is 16.1. The summed E-state index contributed by atoms with van der Waals surface area (Å²) >= 11 is 1.68. The molecule has 7 nitrogen and oxygen atoms in total. The summed E-state index contributed by atoms with van der Waals surface area (Å²) < 4.78 is 7.51. The van der Waals surface area contributed by atoms with E-state index in [1.807, 2.05) is 49.1 Å². The molecular weight excluding hydrogens is 432 g/mol. The molecule has 0 bridgehead atoms. The molecule has 1 aliphatic rings. The number of hydrogen-bond acceptors (Lipinski definition) is 7. The fraction of sp³-hybridized carbons (Fsp3) is 0.280. The summed E-state index contributed by atoms with van der Waals surface area (Å²) in [6, 6.07) is 16.4. The van der Waals surface area contributed by atoms with Gasteiger partial charge in [-0.25, -0.2) is 15.0 Å². The van der Waals surface area contributed by atoms with Crippen LogP contribution in [0.1, 0.15) is 19.2 Å². The van der Waals surface area contributed by atoms with Crippen molar-refractivity contribution in [3.05, 3.63) is 66.7 Å². The number of rotatable bonds is 7. The Morgan fingerprint density at radius 2 is 1.76 bits per heavy atom. The Labute approximate surface area is 199 Å². The monoisotopic (exact) mass is 460 g/mol. The summed E-state index contributed by atoms with van der Waals surface area (Å²) in [6.07, 6.45) is 4.55. The zero-order valence-electron chi connectivity index (χ0n) is 19.4. The van der Waals surface area contributed by atoms with Crippen molar-refractivity contribution in [2.45, 2.75) is 23.1 Å². The molecule has 0 radical (unpaired) electrons. The van der Waals surface area contributed by atoms with E-state index in [2.05, 4.69) is 46.1 Å². The lowest BCUT2D eigenvalue weighted by molar-refractivity contribution is 0.404. The van der Waals surface area contributed by atoms with Gasteiger partial charge in [0.15, 0.2) is 11.7 Å². The van der Waals surface area contributed by atoms with E-state index in [1.54, 1.807) is 25.1 Å². The van der Waals surface area contributed by atoms with Crippen LogP contribution in [-0.2, 0) is 11.8 Å². The Balaban J connectivity index is 1.55. The summed E-state index contributed by atoms with van der Waals surface area (Å²) in [5.41, 5.74) is 2.71. The molecule has 3 aromatic rings. The highest BCUT2D eigenvalue weighted by molar-refractivity contribution is 7.99. The summed E-state index contributed by atoms with van der Waals surface area (Å²) in [6.45, 7) is 3.75. The molecule has 33 heavy (non-hydrogen) atoms. The molecule has 0 unspecified atom stereocenters. The maximum atomic E-state index is 5.52. The number of aromatic nitrogens is 2. The second kappa shape index (κ2) is 10.5. The molecular formula is C25H28N6OS. The van der Waals surface area contributed by atoms with Gasteiger partial charge in [-0.3, -0.25) is 4.99 Å². The molecule has 1 aliphatic heterocycles. The smallest absolute Gasteiger partial charge is 0.257 e. The fourth-order valence-electron chi connectivity index (χ4n) is 3.52. The van der Waals surface area contributed by atoms with Crippen LogP contribution in [0, 0.1) is 0 Å². The van der Waals surface area contributed by atoms with Crippen molar-refractivity contribution >= 4 is 40.6 Å². The van der Waals surface area contributed by atoms with E-state index in [0.29, 0.717) is 5.90 Å². The molecule has 0 saturated heterocycles. The first-order valence-electron chi connectivity index (χ1n) is 10.9. The molecule has 4 rings (SSSR count). The highest BCUT2D eigenvalue weighted by Gasteiger charge is 2.19. The maximum Gasteiger partial charge on any atom is 0.257 e. The molecule has 170 valence electrons. The normalized spacial score (nSPS) is 14.5. The molecule has 0 N–H and O–H groups in total. The third-order valence-electron chi connectivity index (χ3n) is 5.22. The van der Waals surface area contributed by atoms with Crippen molar-refractivity contribution in [3.63, 3.8) is 0 Å². The summed E-state index contributed by atoms with van der Waals surface area (Å²) in [5.74, 6) is 2.23. The largest absolute Gasteiger partial charge is 0.478 e. The number of nitrogens with zero attached hydrogens (tertiary/aromatic N) is 6. The van der Waals surface area contributed by atoms with Gasteiger partial charge in [0.2, 0.25) is 0 Å². The first kappa shape index (κ1) is 22.8. The summed E-state index contributed by atoms with van der Waals surface area (Å²) in [5, 5.41) is 0. The minimum absolute atomic E-state index is 0.537. The maximum absolute atomic E-state index is 5.52. The second-order valence-electron chi connectivity index (χ2n) is 7.62. The molecule has 8 heteroatoms. The van der Waals surface area contributed by atoms with Crippen LogP contribution in [0.25, 0.3) is 0 Å². The molecule has 0 saturated carbocycles. The van der Waals surface area contributed by atoms with Crippen LogP contribution in [0.15, 0.2) is 85.7 Å². The standard InChI is InChI=1S/C25H28N6OS/c1-5-22(23-26-12-14-30(23)2)28-18-8-6-10-20(16-18)33-21-11-7-9-19(17-21)29-25(32-4)24-27-13-15-31(24)3/h6-12,14,16-17H,5,13,15H2,1-4H3/b28-22+,29-25-. The average molecular weight is 461 g/mol. The van der Waals surface area contributed by atoms with Crippen LogP contribution in [0.3, 0.4) is 0 Å². The molecule has 2 aromatic carbocycles. The number of aliphatic imine (C=N–C) groups is 3. The third-order valence-corrected chi connectivity index (χ3v) is 6.20. The van der Waals surface area contributed by atoms with Gasteiger partial charge in [-0.1, -0.05) is 30.8 Å². The lowest BCUT2D eigenvalue weighted by atomic mass is 10.2. The van der Waals surface area contributed by atoms with Crippen LogP contribution in [0.5, 0.6) is 0 Å². The molecule has 0 spiro atoms. The van der Waals surface area contributed by atoms with E-state index < -0.39 is 0 Å². The number of methoxy groups -OCH3 is 1. The number of aryl methyl sites for hydroxylation is 1. The average Bonchev–Trinajstić information content (AvgIpc) is 3.44. The Morgan fingerprint density at radius 1 is 1.06 bits per heavy atom. The molecule has 0 aliphatic carbocycles. The third kappa shape index (κ3) is 5.51. The van der Waals surface area contributed by atoms with E-state index in [9.17, 15) is 0 Å². The summed E-state index contributed by atoms with van der Waals surface area (Å²) in [4.78, 5) is 22.8. The van der Waals surface area contributed by atoms with Crippen molar-refractivity contribution in [1.29, 1.82) is 0 Å². The van der Waals surface area contributed by atoms with Crippen LogP contribution in [0.2, 0.25) is 0 Å². The van der Waals surface area contributed by atoms with E-state index in [1.165, 1.54) is 0 Å². The predicted molar refractivity (Wildman–Crippen MR) is 136 cm³/mol. The highest BCUT2D eigenvalue weighted by Crippen LogP contribution is 2.32. The number of amidine groups is 1. The van der Waals surface area contributed by atoms with Gasteiger partial charge in [-0.15, -0.1) is 0 Å². The molecule has 0 atom stereocenters. The Kier molecular flexibility index (Phi) is 7.24. The summed E-state index contributed by atoms with van der Waals surface area (Å²) in [7, 11) is 5.62. The van der Waals surface area contributed by atoms with Crippen LogP contribution >= 0.6 is 11.8 Å². The molecule has 0 fully saturated rings.